The lowest BCUT2D eigenvalue weighted by Crippen LogP contribution is -1.79. The van der Waals surface area contributed by atoms with Crippen LogP contribution in [0.2, 0.25) is 0 Å². The third-order valence-electron chi connectivity index (χ3n) is 5.08. The summed E-state index contributed by atoms with van der Waals surface area (Å²) in [6, 6.07) is 27.8. The Balaban J connectivity index is 0.000000155. The first-order valence-electron chi connectivity index (χ1n) is 11.6. The van der Waals surface area contributed by atoms with E-state index in [-0.39, 0.29) is 0 Å². The van der Waals surface area contributed by atoms with Crippen molar-refractivity contribution >= 4 is 23.5 Å². The summed E-state index contributed by atoms with van der Waals surface area (Å²) in [5, 5.41) is 17.3. The molecule has 0 saturated carbocycles. The van der Waals surface area contributed by atoms with Crippen molar-refractivity contribution in [2.24, 2.45) is 0 Å². The van der Waals surface area contributed by atoms with Gasteiger partial charge in [0.15, 0.2) is 0 Å². The maximum absolute atomic E-state index is 5.60. The molecule has 10 heteroatoms. The lowest BCUT2D eigenvalue weighted by atomic mass is 10.2. The Labute approximate surface area is 228 Å². The van der Waals surface area contributed by atoms with Crippen LogP contribution in [-0.2, 0) is 11.5 Å². The monoisotopic (exact) mass is 538 g/mol. The van der Waals surface area contributed by atoms with Crippen molar-refractivity contribution < 1.29 is 8.83 Å². The summed E-state index contributed by atoms with van der Waals surface area (Å²) in [6.45, 7) is 0. The summed E-state index contributed by atoms with van der Waals surface area (Å²) in [5.74, 6) is 2.69. The zero-order valence-electron chi connectivity index (χ0n) is 20.1. The largest absolute Gasteiger partial charge is 0.411 e. The molecule has 4 aromatic heterocycles. The molecular formula is C28H22N6O2S2. The van der Waals surface area contributed by atoms with Crippen LogP contribution >= 0.6 is 23.5 Å². The number of rotatable bonds is 8. The molecule has 0 N–H and O–H groups in total. The second-order valence-corrected chi connectivity index (χ2v) is 9.62. The number of aromatic nitrogens is 6. The minimum absolute atomic E-state index is 0.526. The van der Waals surface area contributed by atoms with Gasteiger partial charge in [-0.3, -0.25) is 9.97 Å². The van der Waals surface area contributed by atoms with Crippen LogP contribution in [0.15, 0.2) is 129 Å². The molecule has 0 spiro atoms. The van der Waals surface area contributed by atoms with Crippen molar-refractivity contribution in [2.75, 3.05) is 0 Å². The molecule has 0 atom stereocenters. The molecule has 0 aliphatic heterocycles. The van der Waals surface area contributed by atoms with E-state index >= 15 is 0 Å². The number of benzene rings is 2. The SMILES string of the molecule is c1ccc(CSc2nnc(-c3ccncc3)o2)cc1.c1ccc(CSc2nnc(-c3ccncc3)o2)cc1. The zero-order chi connectivity index (χ0) is 25.8. The minimum Gasteiger partial charge on any atom is -0.411 e. The van der Waals surface area contributed by atoms with Gasteiger partial charge < -0.3 is 8.83 Å². The first-order chi connectivity index (χ1) is 18.8. The Kier molecular flexibility index (Phi) is 8.89. The predicted molar refractivity (Wildman–Crippen MR) is 147 cm³/mol. The molecule has 188 valence electrons. The Hall–Kier alpha value is -4.28. The molecule has 6 aromatic rings. The van der Waals surface area contributed by atoms with E-state index < -0.39 is 0 Å². The number of nitrogens with zero attached hydrogens (tertiary/aromatic N) is 6. The second kappa shape index (κ2) is 13.3. The summed E-state index contributed by atoms with van der Waals surface area (Å²) in [7, 11) is 0. The van der Waals surface area contributed by atoms with Crippen LogP contribution in [-0.4, -0.2) is 30.4 Å². The lowest BCUT2D eigenvalue weighted by Gasteiger charge is -1.96. The number of thioether (sulfide) groups is 2. The van der Waals surface area contributed by atoms with Crippen molar-refractivity contribution in [1.82, 2.24) is 30.4 Å². The first kappa shape index (κ1) is 25.4. The van der Waals surface area contributed by atoms with Crippen LogP contribution in [0.4, 0.5) is 0 Å². The van der Waals surface area contributed by atoms with E-state index in [2.05, 4.69) is 54.6 Å². The van der Waals surface area contributed by atoms with Gasteiger partial charge in [-0.25, -0.2) is 0 Å². The normalized spacial score (nSPS) is 10.5. The maximum Gasteiger partial charge on any atom is 0.277 e. The molecule has 0 amide bonds. The molecule has 4 heterocycles. The molecule has 0 aliphatic rings. The highest BCUT2D eigenvalue weighted by Gasteiger charge is 2.09. The van der Waals surface area contributed by atoms with E-state index in [4.69, 9.17) is 8.83 Å². The van der Waals surface area contributed by atoms with E-state index in [1.807, 2.05) is 60.7 Å². The summed E-state index contributed by atoms with van der Waals surface area (Å²) in [5.41, 5.74) is 4.23. The van der Waals surface area contributed by atoms with Crippen LogP contribution in [0.25, 0.3) is 22.9 Å². The Morgan fingerprint density at radius 2 is 0.868 bits per heavy atom. The standard InChI is InChI=1S/2C14H11N3OS/c2*1-2-4-11(5-3-1)10-19-14-17-16-13(18-14)12-6-8-15-9-7-12/h2*1-9H,10H2. The van der Waals surface area contributed by atoms with E-state index in [9.17, 15) is 0 Å². The molecule has 0 unspecified atom stereocenters. The first-order valence-corrected chi connectivity index (χ1v) is 13.6. The molecule has 0 saturated heterocycles. The van der Waals surface area contributed by atoms with Crippen LogP contribution in [0, 0.1) is 0 Å². The number of pyridine rings is 2. The van der Waals surface area contributed by atoms with Gasteiger partial charge in [-0.1, -0.05) is 84.2 Å². The fraction of sp³-hybridized carbons (Fsp3) is 0.0714. The van der Waals surface area contributed by atoms with E-state index in [1.165, 1.54) is 34.7 Å². The van der Waals surface area contributed by atoms with Crippen molar-refractivity contribution in [1.29, 1.82) is 0 Å². The quantitative estimate of drug-likeness (QED) is 0.191. The van der Waals surface area contributed by atoms with Crippen molar-refractivity contribution in [3.05, 3.63) is 121 Å². The lowest BCUT2D eigenvalue weighted by molar-refractivity contribution is 0.465. The summed E-state index contributed by atoms with van der Waals surface area (Å²) < 4.78 is 11.2. The number of hydrogen-bond donors (Lipinski definition) is 0. The fourth-order valence-corrected chi connectivity index (χ4v) is 4.64. The van der Waals surface area contributed by atoms with Gasteiger partial charge in [0, 0.05) is 47.4 Å². The average molecular weight is 539 g/mol. The van der Waals surface area contributed by atoms with E-state index in [0.717, 1.165) is 22.6 Å². The highest BCUT2D eigenvalue weighted by molar-refractivity contribution is 7.98. The molecular weight excluding hydrogens is 516 g/mol. The zero-order valence-corrected chi connectivity index (χ0v) is 21.8. The van der Waals surface area contributed by atoms with Crippen LogP contribution < -0.4 is 0 Å². The van der Waals surface area contributed by atoms with E-state index in [0.29, 0.717) is 22.2 Å². The van der Waals surface area contributed by atoms with Gasteiger partial charge >= 0.3 is 0 Å². The van der Waals surface area contributed by atoms with Crippen LogP contribution in [0.1, 0.15) is 11.1 Å². The number of hydrogen-bond acceptors (Lipinski definition) is 10. The molecule has 2 aromatic carbocycles. The fourth-order valence-electron chi connectivity index (χ4n) is 3.20. The topological polar surface area (TPSA) is 104 Å². The smallest absolute Gasteiger partial charge is 0.277 e. The molecule has 0 aliphatic carbocycles. The van der Waals surface area contributed by atoms with Gasteiger partial charge in [0.05, 0.1) is 0 Å². The summed E-state index contributed by atoms with van der Waals surface area (Å²) >= 11 is 3.07. The predicted octanol–water partition coefficient (Wildman–Crippen LogP) is 6.85. The summed E-state index contributed by atoms with van der Waals surface area (Å²) in [6.07, 6.45) is 6.82. The second-order valence-electron chi connectivity index (χ2n) is 7.77. The molecule has 0 fully saturated rings. The third kappa shape index (κ3) is 7.37. The van der Waals surface area contributed by atoms with Gasteiger partial charge in [0.1, 0.15) is 0 Å². The molecule has 6 rings (SSSR count). The van der Waals surface area contributed by atoms with Gasteiger partial charge in [0.2, 0.25) is 11.8 Å². The molecule has 8 nitrogen and oxygen atoms in total. The van der Waals surface area contributed by atoms with Crippen molar-refractivity contribution in [3.8, 4) is 22.9 Å². The van der Waals surface area contributed by atoms with Crippen molar-refractivity contribution in [3.63, 3.8) is 0 Å². The Morgan fingerprint density at radius 3 is 1.26 bits per heavy atom. The molecule has 0 bridgehead atoms. The highest BCUT2D eigenvalue weighted by Crippen LogP contribution is 2.26. The van der Waals surface area contributed by atoms with Gasteiger partial charge in [-0.05, 0) is 35.4 Å². The highest BCUT2D eigenvalue weighted by atomic mass is 32.2. The Bertz CT molecular complexity index is 1400. The maximum atomic E-state index is 5.60. The van der Waals surface area contributed by atoms with Crippen LogP contribution in [0.5, 0.6) is 0 Å². The third-order valence-corrected chi connectivity index (χ3v) is 6.86. The molecule has 38 heavy (non-hydrogen) atoms. The van der Waals surface area contributed by atoms with Crippen LogP contribution in [0.3, 0.4) is 0 Å². The Morgan fingerprint density at radius 1 is 0.474 bits per heavy atom. The minimum atomic E-state index is 0.526. The summed E-state index contributed by atoms with van der Waals surface area (Å²) in [4.78, 5) is 7.92. The van der Waals surface area contributed by atoms with Gasteiger partial charge in [-0.2, -0.15) is 0 Å². The average Bonchev–Trinajstić information content (AvgIpc) is 3.68. The van der Waals surface area contributed by atoms with Gasteiger partial charge in [-0.15, -0.1) is 20.4 Å². The molecule has 0 radical (unpaired) electrons. The van der Waals surface area contributed by atoms with E-state index in [1.54, 1.807) is 24.8 Å². The van der Waals surface area contributed by atoms with Crippen molar-refractivity contribution in [2.45, 2.75) is 22.0 Å². The van der Waals surface area contributed by atoms with Gasteiger partial charge in [0.25, 0.3) is 10.4 Å².